The van der Waals surface area contributed by atoms with Gasteiger partial charge in [-0.3, -0.25) is 4.90 Å². The fourth-order valence-electron chi connectivity index (χ4n) is 3.31. The Kier molecular flexibility index (Phi) is 5.28. The second kappa shape index (κ2) is 6.96. The smallest absolute Gasteiger partial charge is 0.178 e. The fraction of sp³-hybridized carbons (Fsp3) is 0.684. The minimum absolute atomic E-state index is 0.0306. The Morgan fingerprint density at radius 1 is 1.42 bits per heavy atom. The predicted octanol–water partition coefficient (Wildman–Crippen LogP) is 3.41. The van der Waals surface area contributed by atoms with Gasteiger partial charge in [-0.2, -0.15) is 0 Å². The number of benzene rings is 1. The van der Waals surface area contributed by atoms with Crippen LogP contribution in [-0.2, 0) is 22.5 Å². The molecule has 1 saturated heterocycles. The van der Waals surface area contributed by atoms with Crippen molar-refractivity contribution in [2.24, 2.45) is 0 Å². The molecule has 2 aliphatic heterocycles. The van der Waals surface area contributed by atoms with Crippen molar-refractivity contribution < 1.29 is 14.6 Å². The molecule has 134 valence electrons. The minimum Gasteiger partial charge on any atom is -0.365 e. The molecule has 0 radical (unpaired) electrons. The summed E-state index contributed by atoms with van der Waals surface area (Å²) in [7, 11) is 0. The number of β-amino-alcohol motifs (C(OH)–C–C–N with tert-alkyl or cyclic N) is 1. The van der Waals surface area contributed by atoms with Crippen molar-refractivity contribution in [1.29, 1.82) is 0 Å². The molecule has 0 spiro atoms. The number of morpholine rings is 1. The second-order valence-corrected chi connectivity index (χ2v) is 9.05. The quantitative estimate of drug-likeness (QED) is 0.904. The zero-order valence-corrected chi connectivity index (χ0v) is 16.0. The molecular formula is C19H29NO3S. The highest BCUT2D eigenvalue weighted by atomic mass is 32.2. The van der Waals surface area contributed by atoms with Crippen LogP contribution in [0.3, 0.4) is 0 Å². The molecule has 3 rings (SSSR count). The summed E-state index contributed by atoms with van der Waals surface area (Å²) in [4.78, 5) is 3.59. The third kappa shape index (κ3) is 4.33. The number of hydrogen-bond acceptors (Lipinski definition) is 5. The highest BCUT2D eigenvalue weighted by Gasteiger charge is 2.39. The molecule has 5 heteroatoms. The molecule has 1 fully saturated rings. The zero-order valence-electron chi connectivity index (χ0n) is 15.2. The number of fused-ring (bicyclic) bond motifs is 1. The molecule has 1 aromatic carbocycles. The molecule has 0 aliphatic carbocycles. The van der Waals surface area contributed by atoms with Crippen LogP contribution in [0.25, 0.3) is 0 Å². The standard InChI is InChI=1S/C19H29NO3S/c1-18(2,3)20-11-16(23-19(4,21)13-20)22-12-15-8-5-7-14-9-6-10-24-17(14)15/h5,7-8,16,21H,6,9-13H2,1-4H3. The van der Waals surface area contributed by atoms with Gasteiger partial charge in [0.05, 0.1) is 19.7 Å². The van der Waals surface area contributed by atoms with E-state index in [4.69, 9.17) is 9.47 Å². The van der Waals surface area contributed by atoms with Crippen molar-refractivity contribution in [3.8, 4) is 0 Å². The predicted molar refractivity (Wildman–Crippen MR) is 97.1 cm³/mol. The Hall–Kier alpha value is -0.590. The maximum atomic E-state index is 10.4. The second-order valence-electron chi connectivity index (χ2n) is 7.94. The molecule has 2 heterocycles. The van der Waals surface area contributed by atoms with Gasteiger partial charge in [0, 0.05) is 10.4 Å². The average molecular weight is 352 g/mol. The van der Waals surface area contributed by atoms with E-state index >= 15 is 0 Å². The summed E-state index contributed by atoms with van der Waals surface area (Å²) in [5.41, 5.74) is 2.63. The van der Waals surface area contributed by atoms with E-state index in [1.807, 2.05) is 11.8 Å². The van der Waals surface area contributed by atoms with Crippen LogP contribution in [0.15, 0.2) is 23.1 Å². The average Bonchev–Trinajstić information content (AvgIpc) is 2.50. The molecule has 24 heavy (non-hydrogen) atoms. The van der Waals surface area contributed by atoms with Crippen LogP contribution in [-0.4, -0.2) is 46.5 Å². The van der Waals surface area contributed by atoms with Gasteiger partial charge in [0.2, 0.25) is 0 Å². The summed E-state index contributed by atoms with van der Waals surface area (Å²) in [5, 5.41) is 10.4. The van der Waals surface area contributed by atoms with E-state index in [1.165, 1.54) is 28.2 Å². The number of aryl methyl sites for hydroxylation is 1. The molecule has 2 aliphatic rings. The number of hydrogen-bond donors (Lipinski definition) is 1. The van der Waals surface area contributed by atoms with Gasteiger partial charge in [0.25, 0.3) is 0 Å². The summed E-state index contributed by atoms with van der Waals surface area (Å²) >= 11 is 1.93. The minimum atomic E-state index is -1.18. The van der Waals surface area contributed by atoms with Crippen molar-refractivity contribution in [2.75, 3.05) is 18.8 Å². The number of aliphatic hydroxyl groups is 1. The first kappa shape index (κ1) is 18.2. The molecule has 2 unspecified atom stereocenters. The number of ether oxygens (including phenoxy) is 2. The van der Waals surface area contributed by atoms with Crippen LogP contribution in [0, 0.1) is 0 Å². The topological polar surface area (TPSA) is 41.9 Å². The maximum absolute atomic E-state index is 10.4. The van der Waals surface area contributed by atoms with Gasteiger partial charge in [-0.25, -0.2) is 0 Å². The van der Waals surface area contributed by atoms with Crippen molar-refractivity contribution in [1.82, 2.24) is 4.90 Å². The Morgan fingerprint density at radius 3 is 2.96 bits per heavy atom. The van der Waals surface area contributed by atoms with Gasteiger partial charge >= 0.3 is 0 Å². The lowest BCUT2D eigenvalue weighted by molar-refractivity contribution is -0.326. The number of nitrogens with zero attached hydrogens (tertiary/aromatic N) is 1. The van der Waals surface area contributed by atoms with Gasteiger partial charge < -0.3 is 14.6 Å². The van der Waals surface area contributed by atoms with Crippen LogP contribution in [0.5, 0.6) is 0 Å². The van der Waals surface area contributed by atoms with Crippen molar-refractivity contribution in [3.63, 3.8) is 0 Å². The Labute approximate surface area is 149 Å². The molecule has 0 amide bonds. The summed E-state index contributed by atoms with van der Waals surface area (Å²) < 4.78 is 11.8. The highest BCUT2D eigenvalue weighted by molar-refractivity contribution is 7.99. The van der Waals surface area contributed by atoms with E-state index in [1.54, 1.807) is 6.92 Å². The summed E-state index contributed by atoms with van der Waals surface area (Å²) in [6.45, 7) is 9.84. The monoisotopic (exact) mass is 351 g/mol. The molecule has 0 aromatic heterocycles. The third-order valence-corrected chi connectivity index (χ3v) is 5.93. The van der Waals surface area contributed by atoms with Gasteiger partial charge in [0.15, 0.2) is 12.1 Å². The first-order valence-electron chi connectivity index (χ1n) is 8.75. The normalized spacial score (nSPS) is 28.6. The number of rotatable bonds is 3. The van der Waals surface area contributed by atoms with Crippen LogP contribution >= 0.6 is 11.8 Å². The Bertz CT molecular complexity index is 582. The molecular weight excluding hydrogens is 322 g/mol. The van der Waals surface area contributed by atoms with Crippen molar-refractivity contribution in [3.05, 3.63) is 29.3 Å². The largest absolute Gasteiger partial charge is 0.365 e. The Morgan fingerprint density at radius 2 is 2.21 bits per heavy atom. The fourth-order valence-corrected chi connectivity index (χ4v) is 4.47. The van der Waals surface area contributed by atoms with Crippen molar-refractivity contribution in [2.45, 2.75) is 69.7 Å². The maximum Gasteiger partial charge on any atom is 0.178 e. The summed E-state index contributed by atoms with van der Waals surface area (Å²) in [6.07, 6.45) is 1.98. The lowest BCUT2D eigenvalue weighted by Gasteiger charge is -2.46. The summed E-state index contributed by atoms with van der Waals surface area (Å²) in [5.74, 6) is -0.00246. The molecule has 0 bridgehead atoms. The van der Waals surface area contributed by atoms with E-state index in [0.29, 0.717) is 19.7 Å². The van der Waals surface area contributed by atoms with E-state index in [0.717, 1.165) is 6.42 Å². The lowest BCUT2D eigenvalue weighted by Crippen LogP contribution is -2.59. The van der Waals surface area contributed by atoms with E-state index in [9.17, 15) is 5.11 Å². The van der Waals surface area contributed by atoms with Gasteiger partial charge in [-0.05, 0) is 57.4 Å². The van der Waals surface area contributed by atoms with Crippen LogP contribution in [0.4, 0.5) is 0 Å². The van der Waals surface area contributed by atoms with Crippen molar-refractivity contribution >= 4 is 11.8 Å². The van der Waals surface area contributed by atoms with Crippen LogP contribution in [0.1, 0.15) is 45.2 Å². The lowest BCUT2D eigenvalue weighted by atomic mass is 10.0. The molecule has 2 atom stereocenters. The van der Waals surface area contributed by atoms with Gasteiger partial charge in [-0.1, -0.05) is 18.2 Å². The molecule has 1 aromatic rings. The summed E-state index contributed by atoms with van der Waals surface area (Å²) in [6, 6.07) is 6.47. The SMILES string of the molecule is CC1(O)CN(C(C)(C)C)CC(OCc2cccc3c2SCCC3)O1. The highest BCUT2D eigenvalue weighted by Crippen LogP contribution is 2.34. The first-order valence-corrected chi connectivity index (χ1v) is 9.74. The molecule has 0 saturated carbocycles. The zero-order chi connectivity index (χ0) is 17.4. The van der Waals surface area contributed by atoms with Gasteiger partial charge in [-0.15, -0.1) is 11.8 Å². The van der Waals surface area contributed by atoms with Gasteiger partial charge in [0.1, 0.15) is 0 Å². The van der Waals surface area contributed by atoms with E-state index in [-0.39, 0.29) is 5.54 Å². The van der Waals surface area contributed by atoms with Crippen LogP contribution < -0.4 is 0 Å². The molecule has 1 N–H and O–H groups in total. The third-order valence-electron chi connectivity index (χ3n) is 4.63. The number of thioether (sulfide) groups is 1. The Balaban J connectivity index is 1.68. The van der Waals surface area contributed by atoms with Crippen LogP contribution in [0.2, 0.25) is 0 Å². The van der Waals surface area contributed by atoms with E-state index < -0.39 is 12.1 Å². The first-order chi connectivity index (χ1) is 11.2. The van der Waals surface area contributed by atoms with E-state index in [2.05, 4.69) is 43.9 Å². The molecule has 4 nitrogen and oxygen atoms in total.